The van der Waals surface area contributed by atoms with Gasteiger partial charge in [0, 0.05) is 31.1 Å². The molecule has 1 aromatic carbocycles. The van der Waals surface area contributed by atoms with Crippen molar-refractivity contribution in [2.75, 3.05) is 50.1 Å². The number of methoxy groups -OCH3 is 1. The zero-order valence-electron chi connectivity index (χ0n) is 16.4. The number of halogens is 1. The van der Waals surface area contributed by atoms with E-state index in [1.165, 1.54) is 29.4 Å². The summed E-state index contributed by atoms with van der Waals surface area (Å²) in [6.07, 6.45) is 2.83. The number of aryl methyl sites for hydroxylation is 1. The number of carbonyl (C=O) groups excluding carboxylic acids is 2. The molecule has 154 valence electrons. The average Bonchev–Trinajstić information content (AvgIpc) is 3.29. The van der Waals surface area contributed by atoms with Crippen LogP contribution in [0.1, 0.15) is 27.2 Å². The van der Waals surface area contributed by atoms with Crippen LogP contribution in [0.2, 0.25) is 0 Å². The number of nitrogens with zero attached hydrogens (tertiary/aromatic N) is 2. The molecule has 0 unspecified atom stereocenters. The zero-order chi connectivity index (χ0) is 20.4. The smallest absolute Gasteiger partial charge is 0.341 e. The standard InChI is InChI=1S/C21H24FN3O3S/c1-28-21(27)19-14-5-4-8-17(14)29-20(19)23-18(26)13-24-9-11-25(12-10-24)16-7-3-2-6-15(16)22/h2-3,6-7H,4-5,8-13H2,1H3,(H,23,26). The second-order valence-electron chi connectivity index (χ2n) is 7.32. The average molecular weight is 418 g/mol. The van der Waals surface area contributed by atoms with Gasteiger partial charge in [-0.05, 0) is 37.0 Å². The van der Waals surface area contributed by atoms with Crippen LogP contribution in [0.5, 0.6) is 0 Å². The molecule has 1 aromatic heterocycles. The molecule has 1 saturated heterocycles. The Bertz CT molecular complexity index is 922. The van der Waals surface area contributed by atoms with Gasteiger partial charge in [0.2, 0.25) is 5.91 Å². The second kappa shape index (κ2) is 8.51. The number of piperazine rings is 1. The number of fused-ring (bicyclic) bond motifs is 1. The Hall–Kier alpha value is -2.45. The first-order valence-electron chi connectivity index (χ1n) is 9.81. The Morgan fingerprint density at radius 1 is 1.17 bits per heavy atom. The number of nitrogens with one attached hydrogen (secondary N) is 1. The van der Waals surface area contributed by atoms with Crippen LogP contribution >= 0.6 is 11.3 Å². The first-order valence-corrected chi connectivity index (χ1v) is 10.6. The van der Waals surface area contributed by atoms with Gasteiger partial charge in [-0.2, -0.15) is 0 Å². The highest BCUT2D eigenvalue weighted by Gasteiger charge is 2.28. The SMILES string of the molecule is COC(=O)c1c(NC(=O)CN2CCN(c3ccccc3F)CC2)sc2c1CCC2. The van der Waals surface area contributed by atoms with Gasteiger partial charge in [0.25, 0.3) is 0 Å². The second-order valence-corrected chi connectivity index (χ2v) is 8.42. The highest BCUT2D eigenvalue weighted by molar-refractivity contribution is 7.17. The summed E-state index contributed by atoms with van der Waals surface area (Å²) in [6.45, 7) is 2.91. The summed E-state index contributed by atoms with van der Waals surface area (Å²) in [5.74, 6) is -0.757. The number of carbonyl (C=O) groups is 2. The molecule has 1 aliphatic carbocycles. The van der Waals surface area contributed by atoms with Crippen molar-refractivity contribution >= 4 is 33.9 Å². The van der Waals surface area contributed by atoms with Crippen molar-refractivity contribution in [3.63, 3.8) is 0 Å². The topological polar surface area (TPSA) is 61.9 Å². The third-order valence-electron chi connectivity index (χ3n) is 5.50. The first kappa shape index (κ1) is 19.8. The Morgan fingerprint density at radius 2 is 1.93 bits per heavy atom. The van der Waals surface area contributed by atoms with E-state index in [2.05, 4.69) is 5.32 Å². The Balaban J connectivity index is 1.36. The molecule has 0 bridgehead atoms. The molecule has 6 nitrogen and oxygen atoms in total. The van der Waals surface area contributed by atoms with Gasteiger partial charge >= 0.3 is 5.97 Å². The fraction of sp³-hybridized carbons (Fsp3) is 0.429. The number of rotatable bonds is 5. The summed E-state index contributed by atoms with van der Waals surface area (Å²) >= 11 is 1.48. The predicted molar refractivity (Wildman–Crippen MR) is 111 cm³/mol. The number of hydrogen-bond donors (Lipinski definition) is 1. The molecule has 0 saturated carbocycles. The molecule has 4 rings (SSSR count). The van der Waals surface area contributed by atoms with Crippen LogP contribution in [0.15, 0.2) is 24.3 Å². The van der Waals surface area contributed by atoms with E-state index in [4.69, 9.17) is 4.74 Å². The number of para-hydroxylation sites is 1. The highest BCUT2D eigenvalue weighted by atomic mass is 32.1. The van der Waals surface area contributed by atoms with Crippen LogP contribution in [0.3, 0.4) is 0 Å². The van der Waals surface area contributed by atoms with Crippen molar-refractivity contribution in [2.24, 2.45) is 0 Å². The first-order chi connectivity index (χ1) is 14.1. The van der Waals surface area contributed by atoms with Crippen LogP contribution in [0.4, 0.5) is 15.1 Å². The molecule has 0 atom stereocenters. The lowest BCUT2D eigenvalue weighted by molar-refractivity contribution is -0.117. The van der Waals surface area contributed by atoms with Crippen molar-refractivity contribution in [1.82, 2.24) is 4.90 Å². The van der Waals surface area contributed by atoms with E-state index in [1.807, 2.05) is 15.9 Å². The third kappa shape index (κ3) is 4.13. The molecule has 2 heterocycles. The van der Waals surface area contributed by atoms with Gasteiger partial charge in [-0.25, -0.2) is 9.18 Å². The van der Waals surface area contributed by atoms with Gasteiger partial charge in [0.15, 0.2) is 0 Å². The van der Waals surface area contributed by atoms with E-state index >= 15 is 0 Å². The van der Waals surface area contributed by atoms with Crippen molar-refractivity contribution in [3.05, 3.63) is 46.1 Å². The summed E-state index contributed by atoms with van der Waals surface area (Å²) in [5.41, 5.74) is 2.14. The van der Waals surface area contributed by atoms with Gasteiger partial charge in [-0.1, -0.05) is 12.1 Å². The lowest BCUT2D eigenvalue weighted by Crippen LogP contribution is -2.48. The molecule has 0 spiro atoms. The maximum absolute atomic E-state index is 14.0. The summed E-state index contributed by atoms with van der Waals surface area (Å²) in [6, 6.07) is 6.76. The third-order valence-corrected chi connectivity index (χ3v) is 6.70. The van der Waals surface area contributed by atoms with Gasteiger partial charge in [-0.15, -0.1) is 11.3 Å². The van der Waals surface area contributed by atoms with Gasteiger partial charge in [0.05, 0.1) is 24.9 Å². The van der Waals surface area contributed by atoms with Crippen molar-refractivity contribution in [1.29, 1.82) is 0 Å². The Kier molecular flexibility index (Phi) is 5.82. The molecule has 1 N–H and O–H groups in total. The fourth-order valence-electron chi connectivity index (χ4n) is 4.03. The van der Waals surface area contributed by atoms with E-state index in [-0.39, 0.29) is 18.3 Å². The lowest BCUT2D eigenvalue weighted by atomic mass is 10.1. The van der Waals surface area contributed by atoms with Crippen LogP contribution in [0.25, 0.3) is 0 Å². The zero-order valence-corrected chi connectivity index (χ0v) is 17.2. The molecule has 2 aromatic rings. The Morgan fingerprint density at radius 3 is 2.66 bits per heavy atom. The van der Waals surface area contributed by atoms with E-state index < -0.39 is 5.97 Å². The van der Waals surface area contributed by atoms with Crippen LogP contribution in [-0.2, 0) is 22.4 Å². The van der Waals surface area contributed by atoms with E-state index in [1.54, 1.807) is 12.1 Å². The quantitative estimate of drug-likeness (QED) is 0.758. The normalized spacial score (nSPS) is 16.6. The molecule has 1 fully saturated rings. The fourth-order valence-corrected chi connectivity index (χ4v) is 5.33. The number of hydrogen-bond acceptors (Lipinski definition) is 6. The number of amides is 1. The number of esters is 1. The number of anilines is 2. The molecule has 1 amide bonds. The lowest BCUT2D eigenvalue weighted by Gasteiger charge is -2.35. The van der Waals surface area contributed by atoms with Crippen molar-refractivity contribution < 1.29 is 18.7 Å². The number of thiophene rings is 1. The minimum atomic E-state index is -0.391. The molecule has 0 radical (unpaired) electrons. The molecular weight excluding hydrogens is 393 g/mol. The van der Waals surface area contributed by atoms with E-state index in [0.29, 0.717) is 42.4 Å². The van der Waals surface area contributed by atoms with Crippen LogP contribution in [-0.4, -0.2) is 56.6 Å². The molecule has 1 aliphatic heterocycles. The van der Waals surface area contributed by atoms with E-state index in [0.717, 1.165) is 24.8 Å². The number of ether oxygens (including phenoxy) is 1. The maximum Gasteiger partial charge on any atom is 0.341 e. The van der Waals surface area contributed by atoms with Gasteiger partial charge < -0.3 is 15.0 Å². The van der Waals surface area contributed by atoms with Crippen molar-refractivity contribution in [2.45, 2.75) is 19.3 Å². The van der Waals surface area contributed by atoms with Gasteiger partial charge in [0.1, 0.15) is 10.8 Å². The maximum atomic E-state index is 14.0. The largest absolute Gasteiger partial charge is 0.465 e. The molecule has 8 heteroatoms. The van der Waals surface area contributed by atoms with E-state index in [9.17, 15) is 14.0 Å². The summed E-state index contributed by atoms with van der Waals surface area (Å²) in [7, 11) is 1.36. The van der Waals surface area contributed by atoms with Crippen LogP contribution in [0, 0.1) is 5.82 Å². The monoisotopic (exact) mass is 417 g/mol. The Labute approximate surface area is 173 Å². The minimum Gasteiger partial charge on any atom is -0.465 e. The van der Waals surface area contributed by atoms with Crippen molar-refractivity contribution in [3.8, 4) is 0 Å². The van der Waals surface area contributed by atoms with Gasteiger partial charge in [-0.3, -0.25) is 9.69 Å². The van der Waals surface area contributed by atoms with Crippen LogP contribution < -0.4 is 10.2 Å². The predicted octanol–water partition coefficient (Wildman–Crippen LogP) is 2.92. The highest BCUT2D eigenvalue weighted by Crippen LogP contribution is 2.39. The summed E-state index contributed by atoms with van der Waals surface area (Å²) in [4.78, 5) is 30.0. The molecule has 2 aliphatic rings. The minimum absolute atomic E-state index is 0.144. The molecule has 29 heavy (non-hydrogen) atoms. The molecular formula is C21H24FN3O3S. The summed E-state index contributed by atoms with van der Waals surface area (Å²) in [5, 5.41) is 3.51. The summed E-state index contributed by atoms with van der Waals surface area (Å²) < 4.78 is 18.9. The number of benzene rings is 1.